The zero-order valence-electron chi connectivity index (χ0n) is 9.03. The van der Waals surface area contributed by atoms with E-state index in [0.29, 0.717) is 0 Å². The highest BCUT2D eigenvalue weighted by Crippen LogP contribution is 2.40. The van der Waals surface area contributed by atoms with Crippen LogP contribution in [0.3, 0.4) is 0 Å². The first-order valence-electron chi connectivity index (χ1n) is 5.77. The third-order valence-electron chi connectivity index (χ3n) is 3.37. The van der Waals surface area contributed by atoms with Crippen LogP contribution < -0.4 is 9.47 Å². The lowest BCUT2D eigenvalue weighted by atomic mass is 9.93. The Morgan fingerprint density at radius 1 is 1.07 bits per heavy atom. The van der Waals surface area contributed by atoms with Crippen LogP contribution in [0.1, 0.15) is 31.2 Å². The summed E-state index contributed by atoms with van der Waals surface area (Å²) in [6.45, 7) is 2.07. The molecule has 0 aromatic heterocycles. The van der Waals surface area contributed by atoms with Gasteiger partial charge in [-0.1, -0.05) is 12.1 Å². The Kier molecular flexibility index (Phi) is 2.08. The summed E-state index contributed by atoms with van der Waals surface area (Å²) in [7, 11) is 0. The Morgan fingerprint density at radius 2 is 1.80 bits per heavy atom. The number of hydrogen-bond donors (Lipinski definition) is 0. The Hall–Kier alpha value is -1.18. The molecule has 80 valence electrons. The largest absolute Gasteiger partial charge is 0.483 e. The molecule has 15 heavy (non-hydrogen) atoms. The summed E-state index contributed by atoms with van der Waals surface area (Å²) in [6, 6.07) is 6.11. The maximum atomic E-state index is 6.04. The second-order valence-corrected chi connectivity index (χ2v) is 4.50. The van der Waals surface area contributed by atoms with Crippen LogP contribution in [0.25, 0.3) is 0 Å². The van der Waals surface area contributed by atoms with Gasteiger partial charge in [0.1, 0.15) is 12.2 Å². The average molecular weight is 204 g/mol. The van der Waals surface area contributed by atoms with E-state index in [0.717, 1.165) is 24.3 Å². The fraction of sp³-hybridized carbons (Fsp3) is 0.538. The van der Waals surface area contributed by atoms with Crippen LogP contribution in [0.2, 0.25) is 0 Å². The SMILES string of the molecule is Cc1cccc2c1OC1CCCCC1O2. The van der Waals surface area contributed by atoms with Gasteiger partial charge >= 0.3 is 0 Å². The van der Waals surface area contributed by atoms with Gasteiger partial charge in [-0.05, 0) is 44.2 Å². The maximum absolute atomic E-state index is 6.04. The minimum Gasteiger partial charge on any atom is -0.483 e. The molecule has 2 heteroatoms. The van der Waals surface area contributed by atoms with Crippen LogP contribution in [0.15, 0.2) is 18.2 Å². The van der Waals surface area contributed by atoms with Gasteiger partial charge in [-0.25, -0.2) is 0 Å². The quantitative estimate of drug-likeness (QED) is 0.646. The summed E-state index contributed by atoms with van der Waals surface area (Å²) < 4.78 is 12.0. The predicted octanol–water partition coefficient (Wildman–Crippen LogP) is 3.08. The van der Waals surface area contributed by atoms with E-state index in [1.54, 1.807) is 0 Å². The van der Waals surface area contributed by atoms with Crippen LogP contribution in [0.4, 0.5) is 0 Å². The standard InChI is InChI=1S/C13H16O2/c1-9-5-4-8-12-13(9)15-11-7-3-2-6-10(11)14-12/h4-5,8,10-11H,2-3,6-7H2,1H3. The van der Waals surface area contributed by atoms with E-state index in [4.69, 9.17) is 9.47 Å². The molecule has 1 saturated carbocycles. The monoisotopic (exact) mass is 204 g/mol. The van der Waals surface area contributed by atoms with Gasteiger partial charge < -0.3 is 9.47 Å². The van der Waals surface area contributed by atoms with Crippen LogP contribution in [0.5, 0.6) is 11.5 Å². The van der Waals surface area contributed by atoms with Gasteiger partial charge in [-0.3, -0.25) is 0 Å². The van der Waals surface area contributed by atoms with Gasteiger partial charge in [0.15, 0.2) is 11.5 Å². The Bertz CT molecular complexity index is 373. The molecule has 1 aliphatic heterocycles. The third kappa shape index (κ3) is 1.48. The van der Waals surface area contributed by atoms with Crippen molar-refractivity contribution in [2.24, 2.45) is 0 Å². The highest BCUT2D eigenvalue weighted by atomic mass is 16.6. The zero-order valence-corrected chi connectivity index (χ0v) is 9.03. The van der Waals surface area contributed by atoms with Crippen molar-refractivity contribution in [2.75, 3.05) is 0 Å². The number of ether oxygens (including phenoxy) is 2. The molecule has 2 aliphatic rings. The van der Waals surface area contributed by atoms with Crippen LogP contribution in [-0.2, 0) is 0 Å². The average Bonchev–Trinajstić information content (AvgIpc) is 2.27. The van der Waals surface area contributed by atoms with Gasteiger partial charge in [0.25, 0.3) is 0 Å². The number of aryl methyl sites for hydroxylation is 1. The number of rotatable bonds is 0. The number of hydrogen-bond acceptors (Lipinski definition) is 2. The van der Waals surface area contributed by atoms with Crippen molar-refractivity contribution in [3.63, 3.8) is 0 Å². The van der Waals surface area contributed by atoms with E-state index < -0.39 is 0 Å². The van der Waals surface area contributed by atoms with E-state index in [9.17, 15) is 0 Å². The van der Waals surface area contributed by atoms with Gasteiger partial charge in [0, 0.05) is 0 Å². The van der Waals surface area contributed by atoms with Crippen molar-refractivity contribution < 1.29 is 9.47 Å². The smallest absolute Gasteiger partial charge is 0.164 e. The van der Waals surface area contributed by atoms with E-state index in [2.05, 4.69) is 13.0 Å². The molecular formula is C13H16O2. The normalized spacial score (nSPS) is 28.3. The minimum absolute atomic E-state index is 0.285. The van der Waals surface area contributed by atoms with Crippen LogP contribution in [-0.4, -0.2) is 12.2 Å². The zero-order chi connectivity index (χ0) is 10.3. The molecule has 2 nitrogen and oxygen atoms in total. The van der Waals surface area contributed by atoms with Crippen molar-refractivity contribution in [3.05, 3.63) is 23.8 Å². The molecule has 2 atom stereocenters. The second kappa shape index (κ2) is 3.44. The van der Waals surface area contributed by atoms with E-state index in [-0.39, 0.29) is 12.2 Å². The van der Waals surface area contributed by atoms with Crippen LogP contribution in [0, 0.1) is 6.92 Å². The lowest BCUT2D eigenvalue weighted by molar-refractivity contribution is -0.00656. The fourth-order valence-electron chi connectivity index (χ4n) is 2.52. The number of benzene rings is 1. The van der Waals surface area contributed by atoms with Gasteiger partial charge in [0.2, 0.25) is 0 Å². The highest BCUT2D eigenvalue weighted by Gasteiger charge is 2.33. The molecule has 0 spiro atoms. The summed E-state index contributed by atoms with van der Waals surface area (Å²) in [4.78, 5) is 0. The molecule has 1 aromatic rings. The number of para-hydroxylation sites is 1. The molecule has 0 radical (unpaired) electrons. The first-order chi connectivity index (χ1) is 7.34. The molecule has 3 rings (SSSR count). The predicted molar refractivity (Wildman–Crippen MR) is 58.5 cm³/mol. The molecule has 0 amide bonds. The first kappa shape index (κ1) is 9.08. The molecule has 1 fully saturated rings. The van der Waals surface area contributed by atoms with Crippen molar-refractivity contribution in [1.82, 2.24) is 0 Å². The lowest BCUT2D eigenvalue weighted by Crippen LogP contribution is -2.42. The van der Waals surface area contributed by atoms with Gasteiger partial charge in [-0.15, -0.1) is 0 Å². The van der Waals surface area contributed by atoms with Gasteiger partial charge in [-0.2, -0.15) is 0 Å². The van der Waals surface area contributed by atoms with Crippen molar-refractivity contribution >= 4 is 0 Å². The summed E-state index contributed by atoms with van der Waals surface area (Å²) >= 11 is 0. The van der Waals surface area contributed by atoms with E-state index in [1.807, 2.05) is 12.1 Å². The highest BCUT2D eigenvalue weighted by molar-refractivity contribution is 5.47. The Morgan fingerprint density at radius 3 is 2.60 bits per heavy atom. The summed E-state index contributed by atoms with van der Waals surface area (Å²) in [5.41, 5.74) is 1.18. The van der Waals surface area contributed by atoms with Crippen molar-refractivity contribution in [1.29, 1.82) is 0 Å². The van der Waals surface area contributed by atoms with Crippen molar-refractivity contribution in [3.8, 4) is 11.5 Å². The second-order valence-electron chi connectivity index (χ2n) is 4.50. The number of fused-ring (bicyclic) bond motifs is 2. The van der Waals surface area contributed by atoms with E-state index >= 15 is 0 Å². The Labute approximate surface area is 90.2 Å². The molecule has 1 aromatic carbocycles. The molecule has 0 N–H and O–H groups in total. The minimum atomic E-state index is 0.285. The van der Waals surface area contributed by atoms with Crippen LogP contribution >= 0.6 is 0 Å². The topological polar surface area (TPSA) is 18.5 Å². The summed E-state index contributed by atoms with van der Waals surface area (Å²) in [5.74, 6) is 1.89. The third-order valence-corrected chi connectivity index (χ3v) is 3.37. The molecule has 1 aliphatic carbocycles. The van der Waals surface area contributed by atoms with Crippen molar-refractivity contribution in [2.45, 2.75) is 44.8 Å². The molecule has 2 unspecified atom stereocenters. The lowest BCUT2D eigenvalue weighted by Gasteiger charge is -2.37. The Balaban J connectivity index is 1.95. The van der Waals surface area contributed by atoms with E-state index in [1.165, 1.54) is 18.4 Å². The van der Waals surface area contributed by atoms with Gasteiger partial charge in [0.05, 0.1) is 0 Å². The fourth-order valence-corrected chi connectivity index (χ4v) is 2.52. The molecule has 0 saturated heterocycles. The molecular weight excluding hydrogens is 188 g/mol. The molecule has 0 bridgehead atoms. The summed E-state index contributed by atoms with van der Waals surface area (Å²) in [5, 5.41) is 0. The molecule has 1 heterocycles. The maximum Gasteiger partial charge on any atom is 0.164 e. The first-order valence-corrected chi connectivity index (χ1v) is 5.77. The summed E-state index contributed by atoms with van der Waals surface area (Å²) in [6.07, 6.45) is 5.38.